The molecule has 5 nitrogen and oxygen atoms in total. The van der Waals surface area contributed by atoms with E-state index in [1.54, 1.807) is 0 Å². The van der Waals surface area contributed by atoms with Crippen LogP contribution in [0.3, 0.4) is 0 Å². The quantitative estimate of drug-likeness (QED) is 0.778. The lowest BCUT2D eigenvalue weighted by Gasteiger charge is -2.32. The van der Waals surface area contributed by atoms with E-state index < -0.39 is 0 Å². The van der Waals surface area contributed by atoms with Crippen molar-refractivity contribution in [2.45, 2.75) is 57.9 Å². The Morgan fingerprint density at radius 3 is 2.95 bits per heavy atom. The SMILES string of the molecule is CC(C)n1cnnc1C1CCCN(CCCCCO)C1. The molecule has 20 heavy (non-hydrogen) atoms. The van der Waals surface area contributed by atoms with Crippen molar-refractivity contribution in [3.8, 4) is 0 Å². The summed E-state index contributed by atoms with van der Waals surface area (Å²) in [5.74, 6) is 1.67. The monoisotopic (exact) mass is 280 g/mol. The summed E-state index contributed by atoms with van der Waals surface area (Å²) in [5.41, 5.74) is 0. The number of aliphatic hydroxyl groups is 1. The third-order valence-corrected chi connectivity index (χ3v) is 4.16. The maximum atomic E-state index is 8.82. The van der Waals surface area contributed by atoms with Gasteiger partial charge in [-0.05, 0) is 59.0 Å². The molecule has 1 aliphatic heterocycles. The third kappa shape index (κ3) is 4.03. The minimum Gasteiger partial charge on any atom is -0.396 e. The van der Waals surface area contributed by atoms with Gasteiger partial charge in [0.1, 0.15) is 12.2 Å². The maximum absolute atomic E-state index is 8.82. The standard InChI is InChI=1S/C15H28N4O/c1-13(2)19-12-16-17-15(19)14-7-6-9-18(11-14)8-4-3-5-10-20/h12-14,20H,3-11H2,1-2H3. The number of hydrogen-bond donors (Lipinski definition) is 1. The predicted octanol–water partition coefficient (Wildman–Crippen LogP) is 2.20. The molecule has 0 aliphatic carbocycles. The van der Waals surface area contributed by atoms with Gasteiger partial charge in [0.2, 0.25) is 0 Å². The van der Waals surface area contributed by atoms with Crippen LogP contribution in [0.1, 0.15) is 63.7 Å². The van der Waals surface area contributed by atoms with Crippen LogP contribution in [0.25, 0.3) is 0 Å². The second kappa shape index (κ2) is 7.74. The largest absolute Gasteiger partial charge is 0.396 e. The van der Waals surface area contributed by atoms with E-state index in [1.807, 2.05) is 6.33 Å². The molecule has 1 aromatic rings. The Morgan fingerprint density at radius 2 is 2.20 bits per heavy atom. The van der Waals surface area contributed by atoms with Gasteiger partial charge in [0, 0.05) is 25.1 Å². The summed E-state index contributed by atoms with van der Waals surface area (Å²) >= 11 is 0. The molecule has 1 saturated heterocycles. The summed E-state index contributed by atoms with van der Waals surface area (Å²) in [5, 5.41) is 17.3. The van der Waals surface area contributed by atoms with E-state index in [9.17, 15) is 0 Å². The van der Waals surface area contributed by atoms with Gasteiger partial charge >= 0.3 is 0 Å². The molecule has 0 aromatic carbocycles. The molecule has 2 heterocycles. The van der Waals surface area contributed by atoms with Crippen LogP contribution in [0, 0.1) is 0 Å². The first kappa shape index (κ1) is 15.4. The summed E-state index contributed by atoms with van der Waals surface area (Å²) in [7, 11) is 0. The first-order valence-electron chi connectivity index (χ1n) is 7.95. The zero-order chi connectivity index (χ0) is 14.4. The molecule has 5 heteroatoms. The van der Waals surface area contributed by atoms with Gasteiger partial charge in [-0.3, -0.25) is 0 Å². The Balaban J connectivity index is 1.88. The van der Waals surface area contributed by atoms with Gasteiger partial charge in [0.05, 0.1) is 0 Å². The normalized spacial score (nSPS) is 20.7. The highest BCUT2D eigenvalue weighted by Gasteiger charge is 2.25. The Labute approximate surface area is 122 Å². The highest BCUT2D eigenvalue weighted by molar-refractivity contribution is 5.00. The fourth-order valence-electron chi connectivity index (χ4n) is 3.04. The van der Waals surface area contributed by atoms with Gasteiger partial charge in [-0.1, -0.05) is 0 Å². The van der Waals surface area contributed by atoms with Crippen LogP contribution in [0.2, 0.25) is 0 Å². The van der Waals surface area contributed by atoms with Crippen LogP contribution in [0.5, 0.6) is 0 Å². The van der Waals surface area contributed by atoms with Crippen molar-refractivity contribution in [3.63, 3.8) is 0 Å². The maximum Gasteiger partial charge on any atom is 0.137 e. The average Bonchev–Trinajstić information content (AvgIpc) is 2.94. The summed E-state index contributed by atoms with van der Waals surface area (Å²) in [6.07, 6.45) is 7.57. The van der Waals surface area contributed by atoms with E-state index in [0.29, 0.717) is 18.6 Å². The molecule has 1 fully saturated rings. The van der Waals surface area contributed by atoms with Crippen LogP contribution in [-0.2, 0) is 0 Å². The van der Waals surface area contributed by atoms with E-state index in [1.165, 1.54) is 25.8 Å². The third-order valence-electron chi connectivity index (χ3n) is 4.16. The van der Waals surface area contributed by atoms with Crippen molar-refractivity contribution in [2.75, 3.05) is 26.2 Å². The van der Waals surface area contributed by atoms with Crippen LogP contribution < -0.4 is 0 Å². The van der Waals surface area contributed by atoms with Gasteiger partial charge in [-0.25, -0.2) is 0 Å². The molecule has 0 bridgehead atoms. The first-order valence-corrected chi connectivity index (χ1v) is 7.95. The van der Waals surface area contributed by atoms with Crippen molar-refractivity contribution in [1.29, 1.82) is 0 Å². The molecule has 1 atom stereocenters. The van der Waals surface area contributed by atoms with Gasteiger partial charge in [0.25, 0.3) is 0 Å². The highest BCUT2D eigenvalue weighted by Crippen LogP contribution is 2.27. The molecule has 0 saturated carbocycles. The number of likely N-dealkylation sites (tertiary alicyclic amines) is 1. The Bertz CT molecular complexity index is 391. The zero-order valence-electron chi connectivity index (χ0n) is 12.8. The second-order valence-electron chi connectivity index (χ2n) is 6.11. The lowest BCUT2D eigenvalue weighted by Crippen LogP contribution is -2.36. The summed E-state index contributed by atoms with van der Waals surface area (Å²) in [6.45, 7) is 8.13. The topological polar surface area (TPSA) is 54.2 Å². The Morgan fingerprint density at radius 1 is 1.35 bits per heavy atom. The molecular weight excluding hydrogens is 252 g/mol. The number of hydrogen-bond acceptors (Lipinski definition) is 4. The Kier molecular flexibility index (Phi) is 5.98. The molecule has 1 N–H and O–H groups in total. The van der Waals surface area contributed by atoms with E-state index in [2.05, 4.69) is 33.5 Å². The fourth-order valence-corrected chi connectivity index (χ4v) is 3.04. The second-order valence-corrected chi connectivity index (χ2v) is 6.11. The molecule has 2 rings (SSSR count). The smallest absolute Gasteiger partial charge is 0.137 e. The van der Waals surface area contributed by atoms with Crippen molar-refractivity contribution < 1.29 is 5.11 Å². The number of aliphatic hydroxyl groups excluding tert-OH is 1. The molecule has 1 unspecified atom stereocenters. The summed E-state index contributed by atoms with van der Waals surface area (Å²) < 4.78 is 2.21. The van der Waals surface area contributed by atoms with Crippen molar-refractivity contribution in [2.24, 2.45) is 0 Å². The van der Waals surface area contributed by atoms with Gasteiger partial charge < -0.3 is 14.6 Å². The molecular formula is C15H28N4O. The highest BCUT2D eigenvalue weighted by atomic mass is 16.2. The van der Waals surface area contributed by atoms with E-state index in [-0.39, 0.29) is 0 Å². The molecule has 0 radical (unpaired) electrons. The lowest BCUT2D eigenvalue weighted by atomic mass is 9.96. The minimum absolute atomic E-state index is 0.320. The number of unbranched alkanes of at least 4 members (excludes halogenated alkanes) is 2. The molecule has 1 aromatic heterocycles. The van der Waals surface area contributed by atoms with Gasteiger partial charge in [0.15, 0.2) is 0 Å². The van der Waals surface area contributed by atoms with E-state index in [4.69, 9.17) is 5.11 Å². The Hall–Kier alpha value is -0.940. The first-order chi connectivity index (χ1) is 9.72. The van der Waals surface area contributed by atoms with Crippen LogP contribution in [0.4, 0.5) is 0 Å². The number of piperidine rings is 1. The number of rotatable bonds is 7. The number of aromatic nitrogens is 3. The lowest BCUT2D eigenvalue weighted by molar-refractivity contribution is 0.195. The van der Waals surface area contributed by atoms with Crippen molar-refractivity contribution in [3.05, 3.63) is 12.2 Å². The van der Waals surface area contributed by atoms with Crippen molar-refractivity contribution >= 4 is 0 Å². The predicted molar refractivity (Wildman–Crippen MR) is 79.8 cm³/mol. The van der Waals surface area contributed by atoms with Crippen LogP contribution >= 0.6 is 0 Å². The molecule has 114 valence electrons. The van der Waals surface area contributed by atoms with Gasteiger partial charge in [-0.15, -0.1) is 10.2 Å². The molecule has 0 amide bonds. The van der Waals surface area contributed by atoms with E-state index in [0.717, 1.165) is 31.8 Å². The van der Waals surface area contributed by atoms with Crippen molar-refractivity contribution in [1.82, 2.24) is 19.7 Å². The fraction of sp³-hybridized carbons (Fsp3) is 0.867. The van der Waals surface area contributed by atoms with Crippen LogP contribution in [-0.4, -0.2) is 51.0 Å². The van der Waals surface area contributed by atoms with Crippen LogP contribution in [0.15, 0.2) is 6.33 Å². The minimum atomic E-state index is 0.320. The molecule has 1 aliphatic rings. The van der Waals surface area contributed by atoms with Gasteiger partial charge in [-0.2, -0.15) is 0 Å². The number of nitrogens with zero attached hydrogens (tertiary/aromatic N) is 4. The summed E-state index contributed by atoms with van der Waals surface area (Å²) in [4.78, 5) is 2.55. The average molecular weight is 280 g/mol. The molecule has 0 spiro atoms. The zero-order valence-corrected chi connectivity index (χ0v) is 12.8. The summed E-state index contributed by atoms with van der Waals surface area (Å²) in [6, 6.07) is 0.430. The van der Waals surface area contributed by atoms with E-state index >= 15 is 0 Å².